The van der Waals surface area contributed by atoms with Crippen molar-refractivity contribution in [2.24, 2.45) is 0 Å². The summed E-state index contributed by atoms with van der Waals surface area (Å²) in [6.07, 6.45) is 0.0956. The zero-order chi connectivity index (χ0) is 12.5. The van der Waals surface area contributed by atoms with Crippen LogP contribution in [0.5, 0.6) is 5.75 Å². The number of fused-ring (bicyclic) bond motifs is 1. The molecule has 2 rings (SSSR count). The summed E-state index contributed by atoms with van der Waals surface area (Å²) in [4.78, 5) is 11.9. The first-order chi connectivity index (χ1) is 7.96. The third-order valence-corrected chi connectivity index (χ3v) is 3.33. The minimum atomic E-state index is -1.41. The van der Waals surface area contributed by atoms with Gasteiger partial charge in [-0.05, 0) is 12.1 Å². The Labute approximate surface area is 103 Å². The van der Waals surface area contributed by atoms with Crippen molar-refractivity contribution in [1.82, 2.24) is 0 Å². The highest BCUT2D eigenvalue weighted by Gasteiger charge is 2.24. The van der Waals surface area contributed by atoms with Crippen LogP contribution in [0.4, 0.5) is 0 Å². The van der Waals surface area contributed by atoms with Crippen LogP contribution in [0.25, 0.3) is 0 Å². The molecule has 0 aliphatic carbocycles. The highest BCUT2D eigenvalue weighted by Crippen LogP contribution is 2.26. The van der Waals surface area contributed by atoms with Crippen LogP contribution in [0.2, 0.25) is 19.6 Å². The third-order valence-electron chi connectivity index (χ3n) is 2.44. The van der Waals surface area contributed by atoms with E-state index in [9.17, 15) is 4.79 Å². The Kier molecular flexibility index (Phi) is 3.08. The van der Waals surface area contributed by atoms with E-state index < -0.39 is 8.07 Å². The van der Waals surface area contributed by atoms with Crippen molar-refractivity contribution in [2.45, 2.75) is 32.2 Å². The standard InChI is InChI=1S/C14H16O2Si/c1-17(2,3)9-8-11-10-13(15)12-6-4-5-7-14(12)16-11/h4-7,11H,10H2,1-3H3. The maximum absolute atomic E-state index is 11.9. The van der Waals surface area contributed by atoms with Crippen molar-refractivity contribution in [2.75, 3.05) is 0 Å². The Hall–Kier alpha value is -1.53. The van der Waals surface area contributed by atoms with Gasteiger partial charge in [0.05, 0.1) is 12.0 Å². The van der Waals surface area contributed by atoms with Crippen LogP contribution >= 0.6 is 0 Å². The molecule has 3 heteroatoms. The first-order valence-electron chi connectivity index (χ1n) is 5.77. The van der Waals surface area contributed by atoms with Gasteiger partial charge in [-0.3, -0.25) is 4.79 Å². The topological polar surface area (TPSA) is 26.3 Å². The van der Waals surface area contributed by atoms with E-state index in [1.54, 1.807) is 6.07 Å². The molecule has 1 aliphatic heterocycles. The Morgan fingerprint density at radius 2 is 2.00 bits per heavy atom. The summed E-state index contributed by atoms with van der Waals surface area (Å²) in [6.45, 7) is 6.54. The summed E-state index contributed by atoms with van der Waals surface area (Å²) in [6, 6.07) is 7.37. The van der Waals surface area contributed by atoms with Gasteiger partial charge in [-0.25, -0.2) is 0 Å². The predicted molar refractivity (Wildman–Crippen MR) is 70.9 cm³/mol. The lowest BCUT2D eigenvalue weighted by Gasteiger charge is -2.21. The second-order valence-electron chi connectivity index (χ2n) is 5.25. The zero-order valence-electron chi connectivity index (χ0n) is 10.4. The quantitative estimate of drug-likeness (QED) is 0.518. The fourth-order valence-corrected chi connectivity index (χ4v) is 2.24. The summed E-state index contributed by atoms with van der Waals surface area (Å²) in [5.41, 5.74) is 3.93. The molecule has 2 nitrogen and oxygen atoms in total. The largest absolute Gasteiger partial charge is 0.477 e. The van der Waals surface area contributed by atoms with Crippen molar-refractivity contribution >= 4 is 13.9 Å². The van der Waals surface area contributed by atoms with Gasteiger partial charge in [0, 0.05) is 0 Å². The summed E-state index contributed by atoms with van der Waals surface area (Å²) in [7, 11) is -1.41. The number of ketones is 1. The Balaban J connectivity index is 2.22. The van der Waals surface area contributed by atoms with Gasteiger partial charge in [-0.15, -0.1) is 5.54 Å². The van der Waals surface area contributed by atoms with Crippen LogP contribution in [-0.2, 0) is 0 Å². The maximum atomic E-state index is 11.9. The average Bonchev–Trinajstić information content (AvgIpc) is 2.26. The second kappa shape index (κ2) is 4.38. The fraction of sp³-hybridized carbons (Fsp3) is 0.357. The number of hydrogen-bond acceptors (Lipinski definition) is 2. The Morgan fingerprint density at radius 3 is 2.71 bits per heavy atom. The SMILES string of the molecule is C[Si](C)(C)C#CC1CC(=O)c2ccccc2O1. The lowest BCUT2D eigenvalue weighted by Crippen LogP contribution is -2.27. The molecule has 0 saturated carbocycles. The third kappa shape index (κ3) is 2.98. The minimum Gasteiger partial charge on any atom is -0.477 e. The van der Waals surface area contributed by atoms with Gasteiger partial charge < -0.3 is 4.74 Å². The Morgan fingerprint density at radius 1 is 1.29 bits per heavy atom. The minimum absolute atomic E-state index is 0.127. The van der Waals surface area contributed by atoms with Crippen molar-refractivity contribution in [3.63, 3.8) is 0 Å². The number of Topliss-reactive ketones (excluding diaryl/α,β-unsaturated/α-hetero) is 1. The molecule has 0 spiro atoms. The molecule has 1 heterocycles. The van der Waals surface area contributed by atoms with Crippen molar-refractivity contribution in [3.8, 4) is 17.2 Å². The van der Waals surface area contributed by atoms with Gasteiger partial charge in [0.15, 0.2) is 11.9 Å². The van der Waals surface area contributed by atoms with E-state index in [0.717, 1.165) is 0 Å². The van der Waals surface area contributed by atoms with Gasteiger partial charge in [0.1, 0.15) is 13.8 Å². The molecular formula is C14H16O2Si. The summed E-state index contributed by atoms with van der Waals surface area (Å²) >= 11 is 0. The van der Waals surface area contributed by atoms with Crippen LogP contribution < -0.4 is 4.74 Å². The van der Waals surface area contributed by atoms with Gasteiger partial charge in [0.25, 0.3) is 0 Å². The molecule has 1 aromatic rings. The van der Waals surface area contributed by atoms with Crippen molar-refractivity contribution in [3.05, 3.63) is 29.8 Å². The van der Waals surface area contributed by atoms with Crippen LogP contribution in [-0.4, -0.2) is 20.0 Å². The number of carbonyl (C=O) groups excluding carboxylic acids is 1. The number of para-hydroxylation sites is 1. The molecule has 0 radical (unpaired) electrons. The number of carbonyl (C=O) groups is 1. The van der Waals surface area contributed by atoms with E-state index in [4.69, 9.17) is 4.74 Å². The summed E-state index contributed by atoms with van der Waals surface area (Å²) in [5.74, 6) is 3.89. The highest BCUT2D eigenvalue weighted by atomic mass is 28.3. The highest BCUT2D eigenvalue weighted by molar-refractivity contribution is 6.83. The number of hydrogen-bond donors (Lipinski definition) is 0. The van der Waals surface area contributed by atoms with E-state index in [0.29, 0.717) is 17.7 Å². The molecule has 0 amide bonds. The van der Waals surface area contributed by atoms with E-state index in [1.165, 1.54) is 0 Å². The maximum Gasteiger partial charge on any atom is 0.171 e. The van der Waals surface area contributed by atoms with Crippen LogP contribution in [0.3, 0.4) is 0 Å². The molecule has 0 aromatic heterocycles. The molecule has 0 fully saturated rings. The molecule has 1 atom stereocenters. The molecule has 17 heavy (non-hydrogen) atoms. The van der Waals surface area contributed by atoms with Gasteiger partial charge in [0.2, 0.25) is 0 Å². The number of benzene rings is 1. The van der Waals surface area contributed by atoms with Crippen LogP contribution in [0.15, 0.2) is 24.3 Å². The second-order valence-corrected chi connectivity index (χ2v) is 10.00. The van der Waals surface area contributed by atoms with Crippen molar-refractivity contribution in [1.29, 1.82) is 0 Å². The summed E-state index contributed by atoms with van der Waals surface area (Å²) < 4.78 is 5.73. The van der Waals surface area contributed by atoms with Crippen LogP contribution in [0.1, 0.15) is 16.8 Å². The smallest absolute Gasteiger partial charge is 0.171 e. The van der Waals surface area contributed by atoms with E-state index in [-0.39, 0.29) is 11.9 Å². The van der Waals surface area contributed by atoms with Gasteiger partial charge in [-0.2, -0.15) is 0 Å². The van der Waals surface area contributed by atoms with E-state index in [2.05, 4.69) is 31.1 Å². The molecule has 1 aliphatic rings. The lowest BCUT2D eigenvalue weighted by atomic mass is 10.0. The first-order valence-corrected chi connectivity index (χ1v) is 9.27. The fourth-order valence-electron chi connectivity index (χ4n) is 1.65. The zero-order valence-corrected chi connectivity index (χ0v) is 11.4. The predicted octanol–water partition coefficient (Wildman–Crippen LogP) is 2.90. The number of rotatable bonds is 0. The van der Waals surface area contributed by atoms with E-state index >= 15 is 0 Å². The first kappa shape index (κ1) is 11.9. The van der Waals surface area contributed by atoms with Crippen LogP contribution in [0, 0.1) is 11.5 Å². The molecule has 1 unspecified atom stereocenters. The normalized spacial score (nSPS) is 18.8. The molecule has 1 aromatic carbocycles. The lowest BCUT2D eigenvalue weighted by molar-refractivity contribution is 0.0900. The molecule has 88 valence electrons. The van der Waals surface area contributed by atoms with Gasteiger partial charge in [-0.1, -0.05) is 37.7 Å². The van der Waals surface area contributed by atoms with Gasteiger partial charge >= 0.3 is 0 Å². The monoisotopic (exact) mass is 244 g/mol. The Bertz CT molecular complexity index is 503. The molecule has 0 N–H and O–H groups in total. The molecular weight excluding hydrogens is 228 g/mol. The van der Waals surface area contributed by atoms with Crippen molar-refractivity contribution < 1.29 is 9.53 Å². The van der Waals surface area contributed by atoms with E-state index in [1.807, 2.05) is 18.2 Å². The molecule has 0 bridgehead atoms. The number of ether oxygens (including phenoxy) is 1. The molecule has 0 saturated heterocycles. The summed E-state index contributed by atoms with van der Waals surface area (Å²) in [5, 5.41) is 0. The average molecular weight is 244 g/mol.